The Balaban J connectivity index is 1.35. The topological polar surface area (TPSA) is 171 Å². The molecule has 7 atom stereocenters. The zero-order valence-corrected chi connectivity index (χ0v) is 33.0. The molecule has 294 valence electrons. The van der Waals surface area contributed by atoms with Gasteiger partial charge in [-0.3, -0.25) is 23.9 Å². The minimum absolute atomic E-state index is 0.0319. The molecular formula is C40H54N4O9S. The van der Waals surface area contributed by atoms with Crippen LogP contribution < -0.4 is 14.2 Å². The molecule has 3 heterocycles. The van der Waals surface area contributed by atoms with Gasteiger partial charge in [0.25, 0.3) is 0 Å². The molecule has 1 N–H and O–H groups in total. The Kier molecular flexibility index (Phi) is 11.4. The summed E-state index contributed by atoms with van der Waals surface area (Å²) in [5, 5.41) is 9.32. The molecular weight excluding hydrogens is 713 g/mol. The molecule has 0 radical (unpaired) electrons. The molecule has 2 amide bonds. The van der Waals surface area contributed by atoms with Gasteiger partial charge in [0.05, 0.1) is 53.0 Å². The van der Waals surface area contributed by atoms with Gasteiger partial charge in [0.1, 0.15) is 11.7 Å². The summed E-state index contributed by atoms with van der Waals surface area (Å²) in [6, 6.07) is 6.40. The molecule has 54 heavy (non-hydrogen) atoms. The summed E-state index contributed by atoms with van der Waals surface area (Å²) in [4.78, 5) is 58.0. The number of aromatic nitrogens is 2. The number of esters is 1. The second-order valence-electron chi connectivity index (χ2n) is 16.8. The molecule has 4 aliphatic rings. The molecule has 1 saturated heterocycles. The molecule has 6 rings (SSSR count). The van der Waals surface area contributed by atoms with Crippen molar-refractivity contribution in [3.05, 3.63) is 36.4 Å². The fourth-order valence-electron chi connectivity index (χ4n) is 8.09. The van der Waals surface area contributed by atoms with Gasteiger partial charge in [-0.15, -0.1) is 10.2 Å². The third kappa shape index (κ3) is 8.90. The molecule has 0 bridgehead atoms. The standard InChI is InChI=1S/C40H54N4O9S/c1-7-51-35-29-14-10-11-15-30(29)36(42-41-35)52-27-19-32-33(45)22-40(38(48)43-54(49,50)28-16-17-28)21-26(40)13-9-8-12-24(2)18-25(3)31(37(47)44(32)23-27)20-34(46)53-39(4,5)6/h9-11,13-15,24-28,31-32H,7-8,12,16-23H2,1-6H3,(H,43,48)/b13-9-/t24-,25+,26+,27+,31-,32-,40+/m0/s1. The average molecular weight is 767 g/mol. The van der Waals surface area contributed by atoms with E-state index in [0.717, 1.165) is 12.8 Å². The van der Waals surface area contributed by atoms with Crippen LogP contribution in [0.1, 0.15) is 99.3 Å². The molecule has 2 aliphatic heterocycles. The summed E-state index contributed by atoms with van der Waals surface area (Å²) in [6.07, 6.45) is 6.49. The monoisotopic (exact) mass is 766 g/mol. The average Bonchev–Trinajstić information content (AvgIpc) is 4.02. The highest BCUT2D eigenvalue weighted by molar-refractivity contribution is 7.90. The van der Waals surface area contributed by atoms with Crippen LogP contribution in [0.3, 0.4) is 0 Å². The van der Waals surface area contributed by atoms with Crippen LogP contribution in [0.5, 0.6) is 11.8 Å². The van der Waals surface area contributed by atoms with E-state index in [2.05, 4.69) is 21.8 Å². The quantitative estimate of drug-likeness (QED) is 0.259. The van der Waals surface area contributed by atoms with Gasteiger partial charge in [-0.1, -0.05) is 38.1 Å². The van der Waals surface area contributed by atoms with Crippen molar-refractivity contribution in [1.29, 1.82) is 0 Å². The van der Waals surface area contributed by atoms with Crippen LogP contribution in [0.15, 0.2) is 36.4 Å². The second-order valence-corrected chi connectivity index (χ2v) is 18.7. The Labute approximate surface area is 318 Å². The summed E-state index contributed by atoms with van der Waals surface area (Å²) in [5.41, 5.74) is -2.01. The summed E-state index contributed by atoms with van der Waals surface area (Å²) >= 11 is 0. The molecule has 1 aromatic carbocycles. The van der Waals surface area contributed by atoms with Gasteiger partial charge >= 0.3 is 5.97 Å². The fraction of sp³-hybridized carbons (Fsp3) is 0.650. The van der Waals surface area contributed by atoms with Crippen LogP contribution in [-0.4, -0.2) is 83.2 Å². The number of ketones is 1. The molecule has 2 aromatic rings. The second kappa shape index (κ2) is 15.6. The Morgan fingerprint density at radius 1 is 1.02 bits per heavy atom. The molecule has 13 nitrogen and oxygen atoms in total. The van der Waals surface area contributed by atoms with E-state index in [4.69, 9.17) is 14.2 Å². The van der Waals surface area contributed by atoms with E-state index in [0.29, 0.717) is 48.9 Å². The van der Waals surface area contributed by atoms with Crippen molar-refractivity contribution in [3.63, 3.8) is 0 Å². The molecule has 1 aromatic heterocycles. The minimum Gasteiger partial charge on any atom is -0.476 e. The van der Waals surface area contributed by atoms with E-state index < -0.39 is 56.2 Å². The van der Waals surface area contributed by atoms with Crippen LogP contribution in [0, 0.1) is 29.1 Å². The lowest BCUT2D eigenvalue weighted by Gasteiger charge is -2.32. The number of fused-ring (bicyclic) bond motifs is 3. The SMILES string of the molecule is CCOc1nnc(O[C@@H]2C[C@H]3C(=O)C[C@]4(C(=O)NS(=O)(=O)C5CC5)C[C@H]4/C=C\CC[C@H](C)C[C@@H](C)[C@H](CC(=O)OC(C)(C)C)C(=O)N3C2)c2ccccc12. The van der Waals surface area contributed by atoms with Crippen molar-refractivity contribution in [3.8, 4) is 11.8 Å². The number of carbonyl (C=O) groups is 4. The van der Waals surface area contributed by atoms with Crippen molar-refractivity contribution in [2.45, 2.75) is 122 Å². The largest absolute Gasteiger partial charge is 0.476 e. The van der Waals surface area contributed by atoms with Gasteiger partial charge in [0, 0.05) is 12.8 Å². The third-order valence-electron chi connectivity index (χ3n) is 11.1. The highest BCUT2D eigenvalue weighted by Crippen LogP contribution is 2.57. The Bertz CT molecular complexity index is 1910. The maximum Gasteiger partial charge on any atom is 0.307 e. The summed E-state index contributed by atoms with van der Waals surface area (Å²) in [5.74, 6) is -2.42. The van der Waals surface area contributed by atoms with Gasteiger partial charge in [0.2, 0.25) is 33.6 Å². The van der Waals surface area contributed by atoms with E-state index in [1.807, 2.05) is 50.3 Å². The van der Waals surface area contributed by atoms with E-state index in [9.17, 15) is 27.6 Å². The highest BCUT2D eigenvalue weighted by Gasteiger charge is 2.61. The van der Waals surface area contributed by atoms with Crippen LogP contribution in [-0.2, 0) is 33.9 Å². The van der Waals surface area contributed by atoms with Crippen molar-refractivity contribution >= 4 is 44.4 Å². The normalized spacial score (nSPS) is 30.0. The number of sulfonamides is 1. The van der Waals surface area contributed by atoms with Crippen LogP contribution in [0.4, 0.5) is 0 Å². The smallest absolute Gasteiger partial charge is 0.307 e. The van der Waals surface area contributed by atoms with Gasteiger partial charge in [-0.05, 0) is 96.1 Å². The van der Waals surface area contributed by atoms with Gasteiger partial charge in [-0.2, -0.15) is 0 Å². The molecule has 2 aliphatic carbocycles. The Morgan fingerprint density at radius 3 is 2.37 bits per heavy atom. The third-order valence-corrected chi connectivity index (χ3v) is 13.0. The number of hydrogen-bond donors (Lipinski definition) is 1. The first kappa shape index (κ1) is 39.6. The number of carbonyl (C=O) groups excluding carboxylic acids is 4. The fourth-order valence-corrected chi connectivity index (χ4v) is 9.48. The lowest BCUT2D eigenvalue weighted by Crippen LogP contribution is -2.47. The van der Waals surface area contributed by atoms with E-state index in [1.165, 1.54) is 4.90 Å². The number of Topliss-reactive ketones (excluding diaryl/α,β-unsaturated/α-hetero) is 1. The van der Waals surface area contributed by atoms with Crippen molar-refractivity contribution in [1.82, 2.24) is 19.8 Å². The molecule has 0 spiro atoms. The number of benzene rings is 1. The van der Waals surface area contributed by atoms with Crippen molar-refractivity contribution < 1.29 is 41.8 Å². The van der Waals surface area contributed by atoms with Crippen molar-refractivity contribution in [2.24, 2.45) is 29.1 Å². The lowest BCUT2D eigenvalue weighted by atomic mass is 9.82. The first-order chi connectivity index (χ1) is 25.5. The molecule has 2 saturated carbocycles. The number of rotatable bonds is 9. The lowest BCUT2D eigenvalue weighted by molar-refractivity contribution is -0.160. The van der Waals surface area contributed by atoms with Gasteiger partial charge in [0.15, 0.2) is 5.78 Å². The zero-order chi connectivity index (χ0) is 39.0. The minimum atomic E-state index is -3.86. The maximum absolute atomic E-state index is 14.8. The first-order valence-electron chi connectivity index (χ1n) is 19.3. The van der Waals surface area contributed by atoms with Crippen LogP contribution in [0.2, 0.25) is 0 Å². The number of nitrogens with zero attached hydrogens (tertiary/aromatic N) is 3. The van der Waals surface area contributed by atoms with Gasteiger partial charge in [-0.25, -0.2) is 8.42 Å². The summed E-state index contributed by atoms with van der Waals surface area (Å²) in [7, 11) is -3.86. The summed E-state index contributed by atoms with van der Waals surface area (Å²) < 4.78 is 45.9. The molecule has 3 fully saturated rings. The van der Waals surface area contributed by atoms with Gasteiger partial charge < -0.3 is 19.1 Å². The number of allylic oxidation sites excluding steroid dienone is 2. The van der Waals surface area contributed by atoms with E-state index in [-0.39, 0.29) is 61.1 Å². The maximum atomic E-state index is 14.8. The number of hydrogen-bond acceptors (Lipinski definition) is 11. The van der Waals surface area contributed by atoms with E-state index >= 15 is 0 Å². The predicted octanol–water partition coefficient (Wildman–Crippen LogP) is 5.31. The summed E-state index contributed by atoms with van der Waals surface area (Å²) in [6.45, 7) is 11.7. The zero-order valence-electron chi connectivity index (χ0n) is 32.2. The van der Waals surface area contributed by atoms with Crippen LogP contribution >= 0.6 is 0 Å². The first-order valence-corrected chi connectivity index (χ1v) is 20.9. The Morgan fingerprint density at radius 2 is 1.70 bits per heavy atom. The van der Waals surface area contributed by atoms with Crippen LogP contribution in [0.25, 0.3) is 10.8 Å². The van der Waals surface area contributed by atoms with E-state index in [1.54, 1.807) is 20.8 Å². The van der Waals surface area contributed by atoms with Crippen molar-refractivity contribution in [2.75, 3.05) is 13.2 Å². The predicted molar refractivity (Wildman–Crippen MR) is 201 cm³/mol. The molecule has 14 heteroatoms. The Hall–Kier alpha value is -4.07. The number of amides is 2. The highest BCUT2D eigenvalue weighted by atomic mass is 32.2. The number of nitrogens with one attached hydrogen (secondary N) is 1. The number of ether oxygens (including phenoxy) is 3. The molecule has 0 unspecified atom stereocenters.